The van der Waals surface area contributed by atoms with E-state index in [1.807, 2.05) is 0 Å². The molecule has 14 heteroatoms. The second-order valence-corrected chi connectivity index (χ2v) is 7.62. The number of anilines is 3. The number of aliphatic carboxylic acids is 1. The summed E-state index contributed by atoms with van der Waals surface area (Å²) in [6, 6.07) is 11.6. The molecule has 0 saturated heterocycles. The maximum Gasteiger partial charge on any atom is 0.573 e. The Hall–Kier alpha value is -3.68. The van der Waals surface area contributed by atoms with Crippen molar-refractivity contribution in [2.75, 3.05) is 17.2 Å². The third-order valence-electron chi connectivity index (χ3n) is 3.83. The van der Waals surface area contributed by atoms with Gasteiger partial charge in [-0.2, -0.15) is 18.2 Å². The van der Waals surface area contributed by atoms with Crippen LogP contribution in [0.4, 0.5) is 43.8 Å². The van der Waals surface area contributed by atoms with Crippen LogP contribution in [0.3, 0.4) is 0 Å². The molecule has 7 nitrogen and oxygen atoms in total. The lowest BCUT2D eigenvalue weighted by Crippen LogP contribution is -2.17. The average molecular weight is 504 g/mol. The Morgan fingerprint density at radius 2 is 1.74 bits per heavy atom. The number of nitrogens with zero attached hydrogens (tertiary/aromatic N) is 2. The molecule has 0 saturated carbocycles. The highest BCUT2D eigenvalue weighted by Crippen LogP contribution is 2.38. The van der Waals surface area contributed by atoms with Gasteiger partial charge >= 0.3 is 17.8 Å². The Bertz CT molecular complexity index is 1170. The van der Waals surface area contributed by atoms with Crippen LogP contribution in [0.5, 0.6) is 5.75 Å². The highest BCUT2D eigenvalue weighted by Gasteiger charge is 2.31. The first kappa shape index (κ1) is 25.0. The Morgan fingerprint density at radius 1 is 1.00 bits per heavy atom. The second-order valence-electron chi connectivity index (χ2n) is 6.49. The zero-order chi connectivity index (χ0) is 24.9. The van der Waals surface area contributed by atoms with Gasteiger partial charge in [0.1, 0.15) is 18.1 Å². The molecule has 3 aromatic rings. The van der Waals surface area contributed by atoms with Gasteiger partial charge in [0.2, 0.25) is 5.95 Å². The number of carbonyl (C=O) groups is 1. The van der Waals surface area contributed by atoms with Crippen molar-refractivity contribution in [3.05, 3.63) is 54.6 Å². The molecule has 1 aromatic heterocycles. The Morgan fingerprint density at radius 3 is 2.41 bits per heavy atom. The predicted molar refractivity (Wildman–Crippen MR) is 112 cm³/mol. The van der Waals surface area contributed by atoms with Gasteiger partial charge in [-0.1, -0.05) is 18.2 Å². The summed E-state index contributed by atoms with van der Waals surface area (Å²) in [5.74, 6) is -1.85. The first-order chi connectivity index (χ1) is 15.9. The fraction of sp³-hybridized carbons (Fsp3) is 0.150. The fourth-order valence-corrected chi connectivity index (χ4v) is 3.26. The van der Waals surface area contributed by atoms with Crippen LogP contribution in [0.15, 0.2) is 59.5 Å². The first-order valence-electron chi connectivity index (χ1n) is 9.20. The quantitative estimate of drug-likeness (QED) is 0.258. The number of ether oxygens (including phenoxy) is 1. The van der Waals surface area contributed by atoms with E-state index in [0.29, 0.717) is 0 Å². The summed E-state index contributed by atoms with van der Waals surface area (Å²) in [5.41, 5.74) is -3.97. The number of halogens is 6. The summed E-state index contributed by atoms with van der Waals surface area (Å²) in [4.78, 5) is 19.0. The summed E-state index contributed by atoms with van der Waals surface area (Å²) >= 11 is -0.310. The molecule has 0 aliphatic rings. The normalized spacial score (nSPS) is 11.7. The number of rotatable bonds is 8. The molecule has 3 rings (SSSR count). The highest BCUT2D eigenvalue weighted by atomic mass is 32.2. The van der Waals surface area contributed by atoms with E-state index in [4.69, 9.17) is 5.11 Å². The minimum Gasteiger partial charge on any atom is -0.480 e. The molecule has 0 radical (unpaired) electrons. The van der Waals surface area contributed by atoms with Crippen molar-refractivity contribution < 1.29 is 41.0 Å². The van der Waals surface area contributed by atoms with Crippen LogP contribution in [0, 0.1) is 0 Å². The maximum atomic E-state index is 12.7. The largest absolute Gasteiger partial charge is 0.573 e. The van der Waals surface area contributed by atoms with E-state index < -0.39 is 30.1 Å². The van der Waals surface area contributed by atoms with Gasteiger partial charge in [0, 0.05) is 22.2 Å². The molecule has 0 spiro atoms. The smallest absolute Gasteiger partial charge is 0.480 e. The van der Waals surface area contributed by atoms with E-state index >= 15 is 0 Å². The van der Waals surface area contributed by atoms with Crippen molar-refractivity contribution in [2.45, 2.75) is 16.8 Å². The van der Waals surface area contributed by atoms with Crippen molar-refractivity contribution >= 4 is 35.2 Å². The molecule has 1 heterocycles. The number of carboxylic acid groups (broad SMARTS) is 1. The molecule has 34 heavy (non-hydrogen) atoms. The average Bonchev–Trinajstić information content (AvgIpc) is 2.70. The van der Waals surface area contributed by atoms with Crippen molar-refractivity contribution in [2.24, 2.45) is 0 Å². The second kappa shape index (κ2) is 10.1. The number of benzene rings is 2. The topological polar surface area (TPSA) is 96.4 Å². The van der Waals surface area contributed by atoms with Gasteiger partial charge in [-0.05, 0) is 42.1 Å². The predicted octanol–water partition coefficient (Wildman–Crippen LogP) is 5.89. The Balaban J connectivity index is 1.95. The molecule has 0 bridgehead atoms. The molecule has 0 amide bonds. The van der Waals surface area contributed by atoms with Crippen LogP contribution in [0.2, 0.25) is 0 Å². The third-order valence-corrected chi connectivity index (χ3v) is 4.55. The number of carboxylic acids is 1. The molecule has 180 valence electrons. The highest BCUT2D eigenvalue weighted by molar-refractivity contribution is 8.00. The minimum atomic E-state index is -4.91. The van der Waals surface area contributed by atoms with Gasteiger partial charge in [-0.15, -0.1) is 13.2 Å². The van der Waals surface area contributed by atoms with E-state index in [2.05, 4.69) is 25.3 Å². The minimum absolute atomic E-state index is 0.0502. The fourth-order valence-electron chi connectivity index (χ4n) is 2.66. The molecular weight excluding hydrogens is 490 g/mol. The van der Waals surface area contributed by atoms with E-state index in [9.17, 15) is 31.1 Å². The van der Waals surface area contributed by atoms with E-state index in [1.165, 1.54) is 42.5 Å². The van der Waals surface area contributed by atoms with Gasteiger partial charge in [-0.25, -0.2) is 4.98 Å². The lowest BCUT2D eigenvalue weighted by Gasteiger charge is -2.13. The number of aromatic nitrogens is 2. The van der Waals surface area contributed by atoms with Crippen LogP contribution in [0.25, 0.3) is 11.3 Å². The third kappa shape index (κ3) is 8.03. The molecule has 0 unspecified atom stereocenters. The summed E-state index contributed by atoms with van der Waals surface area (Å²) in [7, 11) is 0. The zero-order valence-electron chi connectivity index (χ0n) is 16.7. The van der Waals surface area contributed by atoms with Crippen LogP contribution >= 0.6 is 11.8 Å². The molecule has 2 aromatic carbocycles. The van der Waals surface area contributed by atoms with E-state index in [-0.39, 0.29) is 45.4 Å². The summed E-state index contributed by atoms with van der Waals surface area (Å²) < 4.78 is 79.6. The Kier molecular flexibility index (Phi) is 7.39. The molecule has 0 atom stereocenters. The van der Waals surface area contributed by atoms with Crippen molar-refractivity contribution in [1.82, 2.24) is 9.97 Å². The van der Waals surface area contributed by atoms with Crippen LogP contribution in [-0.4, -0.2) is 39.5 Å². The van der Waals surface area contributed by atoms with Crippen LogP contribution in [0.1, 0.15) is 0 Å². The standard InChI is InChI=1S/C20H14F6N4O3S/c21-19(22,23)33-13-5-1-3-11(7-13)15-9-16(30-18(29-15)27-10-17(31)32)28-12-4-2-6-14(8-12)34-20(24,25)26/h1-9H,10H2,(H,31,32)(H2,27,28,29,30). The summed E-state index contributed by atoms with van der Waals surface area (Å²) in [6.07, 6.45) is -4.91. The lowest BCUT2D eigenvalue weighted by molar-refractivity contribution is -0.274. The molecule has 3 N–H and O–H groups in total. The zero-order valence-corrected chi connectivity index (χ0v) is 17.6. The van der Waals surface area contributed by atoms with Crippen molar-refractivity contribution in [3.8, 4) is 17.0 Å². The van der Waals surface area contributed by atoms with E-state index in [0.717, 1.165) is 12.1 Å². The van der Waals surface area contributed by atoms with E-state index in [1.54, 1.807) is 0 Å². The van der Waals surface area contributed by atoms with Gasteiger partial charge in [-0.3, -0.25) is 4.79 Å². The van der Waals surface area contributed by atoms with Crippen LogP contribution < -0.4 is 15.4 Å². The van der Waals surface area contributed by atoms with Crippen molar-refractivity contribution in [1.29, 1.82) is 0 Å². The van der Waals surface area contributed by atoms with Crippen LogP contribution in [-0.2, 0) is 4.79 Å². The first-order valence-corrected chi connectivity index (χ1v) is 10.0. The molecular formula is C20H14F6N4O3S. The van der Waals surface area contributed by atoms with Gasteiger partial charge in [0.15, 0.2) is 0 Å². The molecule has 0 fully saturated rings. The summed E-state index contributed by atoms with van der Waals surface area (Å²) in [6.45, 7) is -0.558. The molecule has 0 aliphatic carbocycles. The van der Waals surface area contributed by atoms with Crippen molar-refractivity contribution in [3.63, 3.8) is 0 Å². The molecule has 0 aliphatic heterocycles. The number of nitrogens with one attached hydrogen (secondary N) is 2. The Labute approximate surface area is 192 Å². The number of thioether (sulfide) groups is 1. The maximum absolute atomic E-state index is 12.7. The van der Waals surface area contributed by atoms with Gasteiger partial charge < -0.3 is 20.5 Å². The lowest BCUT2D eigenvalue weighted by atomic mass is 10.1. The monoisotopic (exact) mass is 504 g/mol. The SMILES string of the molecule is O=C(O)CNc1nc(Nc2cccc(SC(F)(F)F)c2)cc(-c2cccc(OC(F)(F)F)c2)n1. The number of hydrogen-bond acceptors (Lipinski definition) is 7. The van der Waals surface area contributed by atoms with Gasteiger partial charge in [0.05, 0.1) is 5.69 Å². The number of hydrogen-bond donors (Lipinski definition) is 3. The summed E-state index contributed by atoms with van der Waals surface area (Å²) in [5, 5.41) is 14.1. The van der Waals surface area contributed by atoms with Gasteiger partial charge in [0.25, 0.3) is 0 Å². The number of alkyl halides is 6.